The van der Waals surface area contributed by atoms with Crippen molar-refractivity contribution in [3.05, 3.63) is 301 Å². The van der Waals surface area contributed by atoms with E-state index in [9.17, 15) is 2.74 Å². The monoisotopic (exact) mass is 883 g/mol. The molecule has 1 aliphatic rings. The van der Waals surface area contributed by atoms with Crippen LogP contribution in [-0.4, -0.2) is 4.57 Å². The molecule has 12 aromatic rings. The third-order valence-corrected chi connectivity index (χ3v) is 13.9. The third kappa shape index (κ3) is 6.72. The molecule has 2 nitrogen and oxygen atoms in total. The molecule has 1 aliphatic carbocycles. The Morgan fingerprint density at radius 1 is 0.333 bits per heavy atom. The first kappa shape index (κ1) is 35.2. The Balaban J connectivity index is 0.942. The quantitative estimate of drug-likeness (QED) is 0.140. The second-order valence-corrected chi connectivity index (χ2v) is 17.7. The summed E-state index contributed by atoms with van der Waals surface area (Å²) in [5, 5.41) is 2.33. The fourth-order valence-electron chi connectivity index (χ4n) is 10.9. The molecule has 1 heterocycles. The Hall–Kier alpha value is -8.98. The van der Waals surface area contributed by atoms with E-state index in [0.29, 0.717) is 11.4 Å². The number of aromatic nitrogens is 1. The predicted octanol–water partition coefficient (Wildman–Crippen LogP) is 17.6. The number of hydrogen-bond donors (Lipinski definition) is 0. The summed E-state index contributed by atoms with van der Waals surface area (Å²) in [5.41, 5.74) is 17.0. The van der Waals surface area contributed by atoms with E-state index in [1.807, 2.05) is 41.3 Å². The fourth-order valence-corrected chi connectivity index (χ4v) is 10.9. The molecule has 0 amide bonds. The second-order valence-electron chi connectivity index (χ2n) is 17.7. The Morgan fingerprint density at radius 2 is 0.870 bits per heavy atom. The first-order chi connectivity index (χ1) is 36.3. The first-order valence-electron chi connectivity index (χ1n) is 25.9. The molecule has 13 rings (SSSR count). The van der Waals surface area contributed by atoms with Crippen LogP contribution in [0.25, 0.3) is 72.0 Å². The highest BCUT2D eigenvalue weighted by Gasteiger charge is 2.46. The van der Waals surface area contributed by atoms with E-state index in [0.717, 1.165) is 77.7 Å². The third-order valence-electron chi connectivity index (χ3n) is 13.9. The van der Waals surface area contributed by atoms with E-state index in [-0.39, 0.29) is 17.8 Å². The maximum Gasteiger partial charge on any atom is 0.0714 e. The summed E-state index contributed by atoms with van der Waals surface area (Å²) in [4.78, 5) is 1.84. The van der Waals surface area contributed by atoms with Gasteiger partial charge in [-0.2, -0.15) is 0 Å². The number of anilines is 3. The molecule has 1 aromatic heterocycles. The lowest BCUT2D eigenvalue weighted by molar-refractivity contribution is 0.768. The zero-order valence-corrected chi connectivity index (χ0v) is 37.6. The molecule has 0 saturated heterocycles. The lowest BCUT2D eigenvalue weighted by Gasteiger charge is -2.35. The summed E-state index contributed by atoms with van der Waals surface area (Å²) in [5.74, 6) is 0. The first-order valence-corrected chi connectivity index (χ1v) is 23.4. The number of rotatable bonds is 9. The summed E-state index contributed by atoms with van der Waals surface area (Å²) in [7, 11) is 0. The van der Waals surface area contributed by atoms with Crippen LogP contribution in [0.3, 0.4) is 0 Å². The Kier molecular flexibility index (Phi) is 8.54. The van der Waals surface area contributed by atoms with Gasteiger partial charge < -0.3 is 9.47 Å². The molecule has 0 unspecified atom stereocenters. The number of para-hydroxylation sites is 2. The van der Waals surface area contributed by atoms with Crippen molar-refractivity contribution < 1.29 is 6.85 Å². The molecule has 11 aromatic carbocycles. The van der Waals surface area contributed by atoms with Crippen molar-refractivity contribution >= 4 is 38.9 Å². The zero-order chi connectivity index (χ0) is 50.1. The molecule has 0 bridgehead atoms. The van der Waals surface area contributed by atoms with Gasteiger partial charge in [-0.15, -0.1) is 0 Å². The minimum Gasteiger partial charge on any atom is -0.310 e. The average molecular weight is 884 g/mol. The lowest BCUT2D eigenvalue weighted by atomic mass is 9.67. The van der Waals surface area contributed by atoms with Gasteiger partial charge in [0.1, 0.15) is 0 Å². The molecule has 0 saturated carbocycles. The van der Waals surface area contributed by atoms with Crippen LogP contribution < -0.4 is 4.90 Å². The maximum absolute atomic E-state index is 9.39. The molecule has 0 fully saturated rings. The summed E-state index contributed by atoms with van der Waals surface area (Å²) in [6, 6.07) is 85.3. The Bertz CT molecular complexity index is 4060. The second kappa shape index (κ2) is 16.7. The minimum atomic E-state index is -0.718. The van der Waals surface area contributed by atoms with Crippen molar-refractivity contribution in [2.75, 3.05) is 4.90 Å². The van der Waals surface area contributed by atoms with Gasteiger partial charge in [-0.1, -0.05) is 206 Å². The minimum absolute atomic E-state index is 0.0713. The van der Waals surface area contributed by atoms with Crippen LogP contribution >= 0.6 is 0 Å². The highest BCUT2D eigenvalue weighted by molar-refractivity contribution is 6.10. The lowest BCUT2D eigenvalue weighted by Crippen LogP contribution is -2.28. The zero-order valence-electron chi connectivity index (χ0n) is 42.6. The van der Waals surface area contributed by atoms with Crippen LogP contribution in [0.4, 0.5) is 17.1 Å². The predicted molar refractivity (Wildman–Crippen MR) is 289 cm³/mol. The van der Waals surface area contributed by atoms with Crippen LogP contribution in [0.5, 0.6) is 0 Å². The average Bonchev–Trinajstić information content (AvgIpc) is 3.96. The van der Waals surface area contributed by atoms with E-state index < -0.39 is 23.5 Å². The summed E-state index contributed by atoms with van der Waals surface area (Å²) in [6.07, 6.45) is 0. The smallest absolute Gasteiger partial charge is 0.0714 e. The van der Waals surface area contributed by atoms with Gasteiger partial charge in [-0.25, -0.2) is 0 Å². The fraction of sp³-hybridized carbons (Fsp3) is 0.0149. The SMILES string of the molecule is [2H]c1c([2H])c([2H])c(N(c2cccc(-c3cccc(-c4ccc5c(c4)c4ccccc4n5-c4ccc(-c5ccccc5)cc4)c3)c2)c2ccc3c(c2)C(c2ccccc2)(c2ccccc2)c2ccccc2-3)c([2H])c1[2H]. The van der Waals surface area contributed by atoms with E-state index >= 15 is 0 Å². The molecule has 0 N–H and O–H groups in total. The van der Waals surface area contributed by atoms with E-state index in [1.165, 1.54) is 16.5 Å². The summed E-state index contributed by atoms with van der Waals surface area (Å²) in [6.45, 7) is 0. The van der Waals surface area contributed by atoms with Gasteiger partial charge in [0.05, 0.1) is 23.3 Å². The summed E-state index contributed by atoms with van der Waals surface area (Å²) < 4.78 is 47.5. The van der Waals surface area contributed by atoms with Crippen molar-refractivity contribution in [2.45, 2.75) is 5.41 Å². The summed E-state index contributed by atoms with van der Waals surface area (Å²) >= 11 is 0. The van der Waals surface area contributed by atoms with Gasteiger partial charge in [-0.05, 0) is 140 Å². The van der Waals surface area contributed by atoms with Gasteiger partial charge in [0.15, 0.2) is 0 Å². The normalized spacial score (nSPS) is 13.5. The largest absolute Gasteiger partial charge is 0.310 e. The van der Waals surface area contributed by atoms with Gasteiger partial charge in [0.25, 0.3) is 0 Å². The molecule has 69 heavy (non-hydrogen) atoms. The molecule has 0 radical (unpaired) electrons. The van der Waals surface area contributed by atoms with Crippen LogP contribution in [0.1, 0.15) is 29.1 Å². The molecule has 0 aliphatic heterocycles. The van der Waals surface area contributed by atoms with Crippen molar-refractivity contribution in [1.29, 1.82) is 0 Å². The van der Waals surface area contributed by atoms with E-state index in [2.05, 4.69) is 217 Å². The van der Waals surface area contributed by atoms with Crippen LogP contribution in [-0.2, 0) is 5.41 Å². The van der Waals surface area contributed by atoms with Crippen molar-refractivity contribution in [3.8, 4) is 50.2 Å². The van der Waals surface area contributed by atoms with Gasteiger partial charge in [0, 0.05) is 33.5 Å². The van der Waals surface area contributed by atoms with Crippen molar-refractivity contribution in [3.63, 3.8) is 0 Å². The van der Waals surface area contributed by atoms with Crippen LogP contribution in [0.15, 0.2) is 279 Å². The van der Waals surface area contributed by atoms with Crippen LogP contribution in [0.2, 0.25) is 0 Å². The van der Waals surface area contributed by atoms with E-state index in [1.54, 1.807) is 0 Å². The number of benzene rings is 11. The van der Waals surface area contributed by atoms with Gasteiger partial charge in [-0.3, -0.25) is 0 Å². The highest BCUT2D eigenvalue weighted by Crippen LogP contribution is 2.57. The Labute approximate surface area is 410 Å². The van der Waals surface area contributed by atoms with Crippen LogP contribution in [0, 0.1) is 0 Å². The topological polar surface area (TPSA) is 8.17 Å². The Morgan fingerprint density at radius 3 is 1.61 bits per heavy atom. The molecule has 2 heteroatoms. The highest BCUT2D eigenvalue weighted by atomic mass is 15.1. The molecular weight excluding hydrogens is 833 g/mol. The van der Waals surface area contributed by atoms with Crippen molar-refractivity contribution in [2.24, 2.45) is 0 Å². The van der Waals surface area contributed by atoms with Gasteiger partial charge in [0.2, 0.25) is 0 Å². The maximum atomic E-state index is 9.39. The molecule has 0 atom stereocenters. The number of hydrogen-bond acceptors (Lipinski definition) is 1. The molecular formula is C67H46N2. The van der Waals surface area contributed by atoms with E-state index in [4.69, 9.17) is 4.11 Å². The number of nitrogens with zero attached hydrogens (tertiary/aromatic N) is 2. The molecule has 0 spiro atoms. The standard InChI is InChI=1S/C67H46N2/c1-5-19-47(20-6-1)48-35-38-56(39-36-48)69-65-34-16-14-32-61(65)62-45-52(37-42-66(62)69)50-22-17-21-49(43-50)51-23-18-30-57(44-51)68(55-28-11-4-12-29-55)58-40-41-60-59-31-13-15-33-63(59)67(64(60)46-58,53-24-7-2-8-25-53)54-26-9-3-10-27-54/h1-46H/i4D,11D,12D,28D,29D. The number of fused-ring (bicyclic) bond motifs is 6. The molecule has 324 valence electrons. The van der Waals surface area contributed by atoms with Crippen molar-refractivity contribution in [1.82, 2.24) is 4.57 Å². The van der Waals surface area contributed by atoms with Gasteiger partial charge >= 0.3 is 0 Å².